The zero-order valence-corrected chi connectivity index (χ0v) is 9.48. The number of rotatable bonds is 3. The molecule has 0 saturated carbocycles. The summed E-state index contributed by atoms with van der Waals surface area (Å²) in [5.41, 5.74) is 1.37. The SMILES string of the molecule is COc1cc(OC)c2ccn(C)c2c1C=O. The Kier molecular flexibility index (Phi) is 2.56. The highest BCUT2D eigenvalue weighted by Crippen LogP contribution is 2.35. The third-order valence-corrected chi connectivity index (χ3v) is 2.68. The van der Waals surface area contributed by atoms with Crippen molar-refractivity contribution in [1.82, 2.24) is 4.57 Å². The minimum Gasteiger partial charge on any atom is -0.496 e. The van der Waals surface area contributed by atoms with E-state index in [-0.39, 0.29) is 0 Å². The minimum absolute atomic E-state index is 0.529. The molecule has 0 saturated heterocycles. The fraction of sp³-hybridized carbons (Fsp3) is 0.250. The Morgan fingerprint density at radius 1 is 1.25 bits per heavy atom. The topological polar surface area (TPSA) is 40.5 Å². The summed E-state index contributed by atoms with van der Waals surface area (Å²) in [5.74, 6) is 1.24. The van der Waals surface area contributed by atoms with Crippen LogP contribution in [-0.4, -0.2) is 25.1 Å². The lowest BCUT2D eigenvalue weighted by Gasteiger charge is -2.10. The number of ether oxygens (including phenoxy) is 2. The van der Waals surface area contributed by atoms with Crippen LogP contribution in [0.25, 0.3) is 10.9 Å². The molecule has 4 heteroatoms. The van der Waals surface area contributed by atoms with Crippen LogP contribution in [0.2, 0.25) is 0 Å². The average molecular weight is 219 g/mol. The standard InChI is InChI=1S/C12H13NO3/c1-13-5-4-8-10(15-2)6-11(16-3)9(7-14)12(8)13/h4-7H,1-3H3. The van der Waals surface area contributed by atoms with E-state index in [0.29, 0.717) is 17.1 Å². The van der Waals surface area contributed by atoms with Gasteiger partial charge in [-0.25, -0.2) is 0 Å². The lowest BCUT2D eigenvalue weighted by Crippen LogP contribution is -1.97. The van der Waals surface area contributed by atoms with Gasteiger partial charge >= 0.3 is 0 Å². The Morgan fingerprint density at radius 2 is 1.94 bits per heavy atom. The molecular formula is C12H13NO3. The molecule has 1 heterocycles. The molecule has 84 valence electrons. The number of aromatic nitrogens is 1. The summed E-state index contributed by atoms with van der Waals surface area (Å²) in [4.78, 5) is 11.1. The molecule has 0 amide bonds. The number of fused-ring (bicyclic) bond motifs is 1. The smallest absolute Gasteiger partial charge is 0.155 e. The highest BCUT2D eigenvalue weighted by atomic mass is 16.5. The second-order valence-electron chi connectivity index (χ2n) is 3.50. The lowest BCUT2D eigenvalue weighted by molar-refractivity contribution is 0.112. The van der Waals surface area contributed by atoms with Crippen molar-refractivity contribution in [3.63, 3.8) is 0 Å². The van der Waals surface area contributed by atoms with Crippen LogP contribution in [0.5, 0.6) is 11.5 Å². The predicted molar refractivity (Wildman–Crippen MR) is 61.4 cm³/mol. The van der Waals surface area contributed by atoms with Gasteiger partial charge in [0.2, 0.25) is 0 Å². The van der Waals surface area contributed by atoms with Crippen molar-refractivity contribution in [2.45, 2.75) is 0 Å². The van der Waals surface area contributed by atoms with Crippen LogP contribution in [0.4, 0.5) is 0 Å². The van der Waals surface area contributed by atoms with E-state index in [4.69, 9.17) is 9.47 Å². The molecule has 2 rings (SSSR count). The molecule has 0 bridgehead atoms. The van der Waals surface area contributed by atoms with E-state index >= 15 is 0 Å². The first-order valence-corrected chi connectivity index (χ1v) is 4.88. The van der Waals surface area contributed by atoms with Crippen molar-refractivity contribution in [2.24, 2.45) is 7.05 Å². The van der Waals surface area contributed by atoms with Crippen molar-refractivity contribution >= 4 is 17.2 Å². The number of aryl methyl sites for hydroxylation is 1. The van der Waals surface area contributed by atoms with Gasteiger partial charge in [-0.1, -0.05) is 0 Å². The van der Waals surface area contributed by atoms with Crippen molar-refractivity contribution in [2.75, 3.05) is 14.2 Å². The minimum atomic E-state index is 0.529. The fourth-order valence-corrected chi connectivity index (χ4v) is 1.91. The van der Waals surface area contributed by atoms with Gasteiger partial charge in [-0.15, -0.1) is 0 Å². The van der Waals surface area contributed by atoms with Gasteiger partial charge in [0, 0.05) is 24.7 Å². The van der Waals surface area contributed by atoms with E-state index in [0.717, 1.165) is 17.2 Å². The van der Waals surface area contributed by atoms with Gasteiger partial charge in [0.05, 0.1) is 25.3 Å². The maximum absolute atomic E-state index is 11.1. The van der Waals surface area contributed by atoms with Crippen LogP contribution in [0.15, 0.2) is 18.3 Å². The maximum atomic E-state index is 11.1. The summed E-state index contributed by atoms with van der Waals surface area (Å²) < 4.78 is 12.3. The molecule has 2 aromatic rings. The van der Waals surface area contributed by atoms with Crippen LogP contribution < -0.4 is 9.47 Å². The molecule has 4 nitrogen and oxygen atoms in total. The molecule has 0 aliphatic heterocycles. The Hall–Kier alpha value is -1.97. The molecule has 0 aliphatic rings. The fourth-order valence-electron chi connectivity index (χ4n) is 1.91. The summed E-state index contributed by atoms with van der Waals surface area (Å²) in [6, 6.07) is 3.65. The maximum Gasteiger partial charge on any atom is 0.155 e. The Bertz CT molecular complexity index is 543. The van der Waals surface area contributed by atoms with Crippen LogP contribution in [0.3, 0.4) is 0 Å². The van der Waals surface area contributed by atoms with E-state index in [1.807, 2.05) is 23.9 Å². The molecule has 0 aliphatic carbocycles. The van der Waals surface area contributed by atoms with E-state index in [9.17, 15) is 4.79 Å². The molecule has 0 atom stereocenters. The van der Waals surface area contributed by atoms with Crippen molar-refractivity contribution in [3.8, 4) is 11.5 Å². The summed E-state index contributed by atoms with van der Waals surface area (Å²) >= 11 is 0. The van der Waals surface area contributed by atoms with E-state index in [2.05, 4.69) is 0 Å². The number of benzene rings is 1. The molecule has 0 N–H and O–H groups in total. The first kappa shape index (κ1) is 10.5. The molecule has 0 spiro atoms. The van der Waals surface area contributed by atoms with Crippen molar-refractivity contribution < 1.29 is 14.3 Å². The van der Waals surface area contributed by atoms with E-state index in [1.54, 1.807) is 13.2 Å². The Balaban J connectivity index is 2.91. The highest BCUT2D eigenvalue weighted by molar-refractivity contribution is 6.02. The van der Waals surface area contributed by atoms with Gasteiger partial charge in [0.25, 0.3) is 0 Å². The van der Waals surface area contributed by atoms with Gasteiger partial charge < -0.3 is 14.0 Å². The molecule has 1 aromatic carbocycles. The number of methoxy groups -OCH3 is 2. The number of hydrogen-bond acceptors (Lipinski definition) is 3. The zero-order chi connectivity index (χ0) is 11.7. The van der Waals surface area contributed by atoms with Crippen molar-refractivity contribution in [1.29, 1.82) is 0 Å². The third kappa shape index (κ3) is 1.34. The van der Waals surface area contributed by atoms with Crippen LogP contribution >= 0.6 is 0 Å². The summed E-state index contributed by atoms with van der Waals surface area (Å²) in [6.07, 6.45) is 2.69. The average Bonchev–Trinajstić information content (AvgIpc) is 2.70. The molecule has 0 radical (unpaired) electrons. The number of nitrogens with zero attached hydrogens (tertiary/aromatic N) is 1. The summed E-state index contributed by atoms with van der Waals surface area (Å²) in [6.45, 7) is 0. The molecule has 0 unspecified atom stereocenters. The van der Waals surface area contributed by atoms with E-state index < -0.39 is 0 Å². The Labute approximate surface area is 93.4 Å². The van der Waals surface area contributed by atoms with Gasteiger partial charge in [0.1, 0.15) is 11.5 Å². The summed E-state index contributed by atoms with van der Waals surface area (Å²) in [5, 5.41) is 0.910. The second-order valence-corrected chi connectivity index (χ2v) is 3.50. The number of carbonyl (C=O) groups is 1. The Morgan fingerprint density at radius 3 is 2.50 bits per heavy atom. The normalized spacial score (nSPS) is 10.4. The van der Waals surface area contributed by atoms with E-state index in [1.165, 1.54) is 7.11 Å². The predicted octanol–water partition coefficient (Wildman–Crippen LogP) is 2.01. The summed E-state index contributed by atoms with van der Waals surface area (Å²) in [7, 11) is 5.02. The molecule has 16 heavy (non-hydrogen) atoms. The largest absolute Gasteiger partial charge is 0.496 e. The lowest BCUT2D eigenvalue weighted by atomic mass is 10.1. The zero-order valence-electron chi connectivity index (χ0n) is 9.48. The first-order valence-electron chi connectivity index (χ1n) is 4.88. The van der Waals surface area contributed by atoms with Gasteiger partial charge in [-0.05, 0) is 6.07 Å². The van der Waals surface area contributed by atoms with Crippen LogP contribution in [-0.2, 0) is 7.05 Å². The number of carbonyl (C=O) groups excluding carboxylic acids is 1. The van der Waals surface area contributed by atoms with Gasteiger partial charge in [0.15, 0.2) is 6.29 Å². The van der Waals surface area contributed by atoms with Crippen LogP contribution in [0, 0.1) is 0 Å². The monoisotopic (exact) mass is 219 g/mol. The quantitative estimate of drug-likeness (QED) is 0.741. The van der Waals surface area contributed by atoms with Crippen molar-refractivity contribution in [3.05, 3.63) is 23.9 Å². The van der Waals surface area contributed by atoms with Gasteiger partial charge in [-0.2, -0.15) is 0 Å². The molecule has 1 aromatic heterocycles. The highest BCUT2D eigenvalue weighted by Gasteiger charge is 2.15. The molecular weight excluding hydrogens is 206 g/mol. The second kappa shape index (κ2) is 3.89. The van der Waals surface area contributed by atoms with Crippen LogP contribution in [0.1, 0.15) is 10.4 Å². The number of aldehydes is 1. The first-order chi connectivity index (χ1) is 7.72. The third-order valence-electron chi connectivity index (χ3n) is 2.68. The van der Waals surface area contributed by atoms with Gasteiger partial charge in [-0.3, -0.25) is 4.79 Å². The number of hydrogen-bond donors (Lipinski definition) is 0. The molecule has 0 fully saturated rings.